The lowest BCUT2D eigenvalue weighted by Crippen LogP contribution is -2.05. The Morgan fingerprint density at radius 3 is 2.23 bits per heavy atom. The molecule has 72 valence electrons. The summed E-state index contributed by atoms with van der Waals surface area (Å²) in [6, 6.07) is 8.45. The Bertz CT molecular complexity index is 248. The van der Waals surface area contributed by atoms with Gasteiger partial charge in [0.05, 0.1) is 0 Å². The fourth-order valence-electron chi connectivity index (χ4n) is 1.46. The first-order valence-electron chi connectivity index (χ1n) is 4.71. The topological polar surface area (TPSA) is 26.0 Å². The summed E-state index contributed by atoms with van der Waals surface area (Å²) < 4.78 is 0. The van der Waals surface area contributed by atoms with Crippen molar-refractivity contribution in [2.24, 2.45) is 5.73 Å². The van der Waals surface area contributed by atoms with E-state index in [0.29, 0.717) is 0 Å². The average molecular weight is 198 g/mol. The zero-order valence-corrected chi connectivity index (χ0v) is 8.56. The summed E-state index contributed by atoms with van der Waals surface area (Å²) in [5, 5.41) is 0. The van der Waals surface area contributed by atoms with Crippen molar-refractivity contribution in [2.45, 2.75) is 19.3 Å². The fourth-order valence-corrected chi connectivity index (χ4v) is 1.59. The van der Waals surface area contributed by atoms with Crippen LogP contribution in [-0.4, -0.2) is 12.4 Å². The summed E-state index contributed by atoms with van der Waals surface area (Å²) in [5.74, 6) is 0.733. The molecule has 13 heavy (non-hydrogen) atoms. The van der Waals surface area contributed by atoms with Crippen LogP contribution in [0.3, 0.4) is 0 Å². The fraction of sp³-hybridized carbons (Fsp3) is 0.455. The van der Waals surface area contributed by atoms with Crippen molar-refractivity contribution in [3.8, 4) is 0 Å². The van der Waals surface area contributed by atoms with Crippen LogP contribution in [0.5, 0.6) is 0 Å². The number of benzene rings is 1. The van der Waals surface area contributed by atoms with Gasteiger partial charge in [-0.05, 0) is 36.9 Å². The highest BCUT2D eigenvalue weighted by atomic mass is 35.5. The smallest absolute Gasteiger partial charge is 0.0226 e. The van der Waals surface area contributed by atoms with Crippen molar-refractivity contribution in [1.29, 1.82) is 0 Å². The Morgan fingerprint density at radius 2 is 1.69 bits per heavy atom. The third-order valence-corrected chi connectivity index (χ3v) is 2.38. The molecule has 1 aromatic carbocycles. The zero-order valence-electron chi connectivity index (χ0n) is 7.80. The van der Waals surface area contributed by atoms with E-state index >= 15 is 0 Å². The number of hydrogen-bond donors (Lipinski definition) is 1. The van der Waals surface area contributed by atoms with E-state index in [0.717, 1.165) is 31.7 Å². The van der Waals surface area contributed by atoms with Crippen molar-refractivity contribution < 1.29 is 0 Å². The van der Waals surface area contributed by atoms with Gasteiger partial charge in [0, 0.05) is 5.88 Å². The summed E-state index contributed by atoms with van der Waals surface area (Å²) >= 11 is 5.66. The first-order valence-corrected chi connectivity index (χ1v) is 5.24. The molecule has 0 aromatic heterocycles. The number of aryl methyl sites for hydroxylation is 1. The first kappa shape index (κ1) is 10.6. The van der Waals surface area contributed by atoms with Gasteiger partial charge in [-0.25, -0.2) is 0 Å². The summed E-state index contributed by atoms with van der Waals surface area (Å²) in [6.45, 7) is 0.720. The summed E-state index contributed by atoms with van der Waals surface area (Å²) in [6.07, 6.45) is 3.08. The van der Waals surface area contributed by atoms with Crippen LogP contribution < -0.4 is 5.73 Å². The molecular formula is C11H16ClN. The standard InChI is InChI=1S/C11H16ClN/c12-8-3-6-10-4-1-2-5-11(10)7-9-13/h1-2,4-5H,3,6-9,13H2. The second kappa shape index (κ2) is 6.01. The summed E-state index contributed by atoms with van der Waals surface area (Å²) in [5.41, 5.74) is 8.30. The predicted octanol–water partition coefficient (Wildman–Crippen LogP) is 2.36. The monoisotopic (exact) mass is 197 g/mol. The van der Waals surface area contributed by atoms with E-state index in [9.17, 15) is 0 Å². The molecule has 1 rings (SSSR count). The highest BCUT2D eigenvalue weighted by Gasteiger charge is 1.99. The maximum absolute atomic E-state index is 5.66. The Kier molecular flexibility index (Phi) is 4.87. The lowest BCUT2D eigenvalue weighted by molar-refractivity contribution is 0.883. The second-order valence-electron chi connectivity index (χ2n) is 3.10. The molecule has 0 atom stereocenters. The molecule has 0 saturated heterocycles. The van der Waals surface area contributed by atoms with Crippen LogP contribution in [0.2, 0.25) is 0 Å². The molecule has 0 radical (unpaired) electrons. The molecule has 2 heteroatoms. The second-order valence-corrected chi connectivity index (χ2v) is 3.48. The normalized spacial score (nSPS) is 10.3. The van der Waals surface area contributed by atoms with Gasteiger partial charge in [0.1, 0.15) is 0 Å². The lowest BCUT2D eigenvalue weighted by Gasteiger charge is -2.06. The highest BCUT2D eigenvalue weighted by molar-refractivity contribution is 6.17. The van der Waals surface area contributed by atoms with Crippen molar-refractivity contribution in [1.82, 2.24) is 0 Å². The van der Waals surface area contributed by atoms with Gasteiger partial charge in [0.25, 0.3) is 0 Å². The molecule has 0 spiro atoms. The molecule has 0 amide bonds. The Morgan fingerprint density at radius 1 is 1.08 bits per heavy atom. The Labute approximate surface area is 84.9 Å². The van der Waals surface area contributed by atoms with Gasteiger partial charge in [-0.2, -0.15) is 0 Å². The molecule has 0 aliphatic carbocycles. The molecule has 1 aromatic rings. The number of rotatable bonds is 5. The quantitative estimate of drug-likeness (QED) is 0.721. The van der Waals surface area contributed by atoms with Crippen LogP contribution in [0.1, 0.15) is 17.5 Å². The first-order chi connectivity index (χ1) is 6.38. The van der Waals surface area contributed by atoms with E-state index in [2.05, 4.69) is 24.3 Å². The maximum atomic E-state index is 5.66. The lowest BCUT2D eigenvalue weighted by atomic mass is 10.0. The van der Waals surface area contributed by atoms with Crippen molar-refractivity contribution in [3.63, 3.8) is 0 Å². The Hall–Kier alpha value is -0.530. The minimum absolute atomic E-state index is 0.720. The molecule has 0 heterocycles. The van der Waals surface area contributed by atoms with E-state index in [1.54, 1.807) is 0 Å². The number of halogens is 1. The van der Waals surface area contributed by atoms with Gasteiger partial charge in [-0.1, -0.05) is 24.3 Å². The summed E-state index contributed by atoms with van der Waals surface area (Å²) in [4.78, 5) is 0. The number of alkyl halides is 1. The zero-order chi connectivity index (χ0) is 9.52. The van der Waals surface area contributed by atoms with Gasteiger partial charge in [0.15, 0.2) is 0 Å². The van der Waals surface area contributed by atoms with Crippen molar-refractivity contribution >= 4 is 11.6 Å². The van der Waals surface area contributed by atoms with Crippen LogP contribution in [0.25, 0.3) is 0 Å². The van der Waals surface area contributed by atoms with Gasteiger partial charge >= 0.3 is 0 Å². The van der Waals surface area contributed by atoms with Crippen molar-refractivity contribution in [2.75, 3.05) is 12.4 Å². The van der Waals surface area contributed by atoms with Crippen LogP contribution in [0.4, 0.5) is 0 Å². The highest BCUT2D eigenvalue weighted by Crippen LogP contribution is 2.11. The SMILES string of the molecule is NCCc1ccccc1CCCCl. The maximum Gasteiger partial charge on any atom is 0.0226 e. The van der Waals surface area contributed by atoms with Gasteiger partial charge in [0.2, 0.25) is 0 Å². The minimum atomic E-state index is 0.720. The largest absolute Gasteiger partial charge is 0.330 e. The van der Waals surface area contributed by atoms with Crippen LogP contribution in [0.15, 0.2) is 24.3 Å². The Balaban J connectivity index is 2.66. The van der Waals surface area contributed by atoms with Crippen LogP contribution in [0, 0.1) is 0 Å². The van der Waals surface area contributed by atoms with E-state index in [4.69, 9.17) is 17.3 Å². The molecular weight excluding hydrogens is 182 g/mol. The third-order valence-electron chi connectivity index (χ3n) is 2.11. The molecule has 0 bridgehead atoms. The molecule has 1 nitrogen and oxygen atoms in total. The molecule has 0 aliphatic rings. The van der Waals surface area contributed by atoms with Crippen LogP contribution >= 0.6 is 11.6 Å². The van der Waals surface area contributed by atoms with E-state index in [1.807, 2.05) is 0 Å². The predicted molar refractivity (Wildman–Crippen MR) is 58.2 cm³/mol. The van der Waals surface area contributed by atoms with E-state index in [-0.39, 0.29) is 0 Å². The number of nitrogens with two attached hydrogens (primary N) is 1. The minimum Gasteiger partial charge on any atom is -0.330 e. The van der Waals surface area contributed by atoms with E-state index < -0.39 is 0 Å². The molecule has 0 unspecified atom stereocenters. The summed E-state index contributed by atoms with van der Waals surface area (Å²) in [7, 11) is 0. The molecule has 0 fully saturated rings. The van der Waals surface area contributed by atoms with Crippen LogP contribution in [-0.2, 0) is 12.8 Å². The van der Waals surface area contributed by atoms with Gasteiger partial charge in [-0.15, -0.1) is 11.6 Å². The number of hydrogen-bond acceptors (Lipinski definition) is 1. The third kappa shape index (κ3) is 3.37. The van der Waals surface area contributed by atoms with E-state index in [1.165, 1.54) is 11.1 Å². The average Bonchev–Trinajstić information content (AvgIpc) is 2.17. The van der Waals surface area contributed by atoms with Gasteiger partial charge < -0.3 is 5.73 Å². The van der Waals surface area contributed by atoms with Crippen molar-refractivity contribution in [3.05, 3.63) is 35.4 Å². The van der Waals surface area contributed by atoms with Gasteiger partial charge in [-0.3, -0.25) is 0 Å². The molecule has 0 saturated carbocycles. The molecule has 0 aliphatic heterocycles. The molecule has 2 N–H and O–H groups in total.